The van der Waals surface area contributed by atoms with Crippen LogP contribution in [0.15, 0.2) is 30.5 Å². The van der Waals surface area contributed by atoms with E-state index in [2.05, 4.69) is 4.98 Å². The Morgan fingerprint density at radius 1 is 1.24 bits per heavy atom. The fourth-order valence-corrected chi connectivity index (χ4v) is 2.05. The Kier molecular flexibility index (Phi) is 3.41. The molecule has 2 rings (SSSR count). The summed E-state index contributed by atoms with van der Waals surface area (Å²) >= 11 is 12.0. The minimum Gasteiger partial charge on any atom is -0.298 e. The largest absolute Gasteiger partial charge is 0.298 e. The van der Waals surface area contributed by atoms with Crippen LogP contribution >= 0.6 is 23.2 Å². The molecule has 0 unspecified atom stereocenters. The van der Waals surface area contributed by atoms with E-state index in [-0.39, 0.29) is 11.3 Å². The second kappa shape index (κ2) is 4.82. The topological polar surface area (TPSA) is 30.0 Å². The van der Waals surface area contributed by atoms with E-state index in [9.17, 15) is 9.18 Å². The van der Waals surface area contributed by atoms with Crippen LogP contribution in [0.3, 0.4) is 0 Å². The molecule has 1 heterocycles. The number of nitrogens with zero attached hydrogens (tertiary/aromatic N) is 1. The van der Waals surface area contributed by atoms with Crippen LogP contribution in [0.1, 0.15) is 10.4 Å². The molecule has 2 nitrogen and oxygen atoms in total. The lowest BCUT2D eigenvalue weighted by atomic mass is 10.1. The van der Waals surface area contributed by atoms with Gasteiger partial charge in [0.2, 0.25) is 0 Å². The summed E-state index contributed by atoms with van der Waals surface area (Å²) in [5.41, 5.74) is 0.815. The van der Waals surface area contributed by atoms with Gasteiger partial charge < -0.3 is 0 Å². The van der Waals surface area contributed by atoms with Crippen LogP contribution in [0.25, 0.3) is 11.3 Å². The van der Waals surface area contributed by atoms with Gasteiger partial charge in [-0.1, -0.05) is 29.3 Å². The van der Waals surface area contributed by atoms with E-state index in [1.54, 1.807) is 18.2 Å². The molecule has 0 aliphatic heterocycles. The van der Waals surface area contributed by atoms with Crippen molar-refractivity contribution in [3.63, 3.8) is 0 Å². The van der Waals surface area contributed by atoms with Gasteiger partial charge in [0.15, 0.2) is 6.29 Å². The van der Waals surface area contributed by atoms with E-state index in [1.807, 2.05) is 0 Å². The monoisotopic (exact) mass is 269 g/mol. The SMILES string of the molecule is O=Cc1cc(F)cnc1-c1c(Cl)cccc1Cl. The zero-order valence-electron chi connectivity index (χ0n) is 8.45. The van der Waals surface area contributed by atoms with Crippen molar-refractivity contribution in [1.29, 1.82) is 0 Å². The molecule has 0 saturated heterocycles. The van der Waals surface area contributed by atoms with Gasteiger partial charge in [-0.05, 0) is 18.2 Å². The molecule has 0 aliphatic carbocycles. The normalized spacial score (nSPS) is 10.3. The highest BCUT2D eigenvalue weighted by Gasteiger charge is 2.14. The first-order valence-electron chi connectivity index (χ1n) is 4.68. The van der Waals surface area contributed by atoms with E-state index in [1.165, 1.54) is 0 Å². The molecule has 0 radical (unpaired) electrons. The minimum absolute atomic E-state index is 0.111. The molecule has 0 spiro atoms. The number of pyridine rings is 1. The summed E-state index contributed by atoms with van der Waals surface area (Å²) in [5, 5.41) is 0.722. The maximum Gasteiger partial charge on any atom is 0.152 e. The smallest absolute Gasteiger partial charge is 0.152 e. The molecule has 0 aliphatic rings. The standard InChI is InChI=1S/C12H6Cl2FNO/c13-9-2-1-3-10(14)11(9)12-7(6-17)4-8(15)5-16-12/h1-6H. The summed E-state index contributed by atoms with van der Waals surface area (Å²) in [6.07, 6.45) is 1.53. The number of benzene rings is 1. The lowest BCUT2D eigenvalue weighted by Gasteiger charge is -2.08. The Bertz CT molecular complexity index is 566. The molecule has 17 heavy (non-hydrogen) atoms. The molecule has 0 fully saturated rings. The van der Waals surface area contributed by atoms with Gasteiger partial charge in [-0.2, -0.15) is 0 Å². The van der Waals surface area contributed by atoms with E-state index >= 15 is 0 Å². The van der Waals surface area contributed by atoms with Crippen molar-refractivity contribution < 1.29 is 9.18 Å². The number of aldehydes is 1. The van der Waals surface area contributed by atoms with Crippen LogP contribution in [-0.4, -0.2) is 11.3 Å². The van der Waals surface area contributed by atoms with Gasteiger partial charge in [0, 0.05) is 11.1 Å². The Balaban J connectivity index is 2.72. The van der Waals surface area contributed by atoms with Crippen molar-refractivity contribution in [2.45, 2.75) is 0 Å². The van der Waals surface area contributed by atoms with E-state index in [4.69, 9.17) is 23.2 Å². The van der Waals surface area contributed by atoms with Crippen LogP contribution < -0.4 is 0 Å². The summed E-state index contributed by atoms with van der Waals surface area (Å²) in [4.78, 5) is 14.7. The van der Waals surface area contributed by atoms with E-state index in [0.717, 1.165) is 12.3 Å². The van der Waals surface area contributed by atoms with Gasteiger partial charge in [0.25, 0.3) is 0 Å². The number of hydrogen-bond acceptors (Lipinski definition) is 2. The molecule has 86 valence electrons. The molecule has 5 heteroatoms. The summed E-state index contributed by atoms with van der Waals surface area (Å²) < 4.78 is 13.0. The van der Waals surface area contributed by atoms with Crippen molar-refractivity contribution >= 4 is 29.5 Å². The van der Waals surface area contributed by atoms with Crippen molar-refractivity contribution in [2.24, 2.45) is 0 Å². The van der Waals surface area contributed by atoms with Crippen LogP contribution in [0.5, 0.6) is 0 Å². The van der Waals surface area contributed by atoms with Gasteiger partial charge in [-0.25, -0.2) is 4.39 Å². The molecule has 0 amide bonds. The summed E-state index contributed by atoms with van der Waals surface area (Å²) in [6, 6.07) is 6.03. The lowest BCUT2D eigenvalue weighted by Crippen LogP contribution is -1.94. The molecular formula is C12H6Cl2FNO. The first-order chi connectivity index (χ1) is 8.13. The Labute approximate surface area is 107 Å². The second-order valence-electron chi connectivity index (χ2n) is 3.31. The predicted molar refractivity (Wildman–Crippen MR) is 65.0 cm³/mol. The van der Waals surface area contributed by atoms with Gasteiger partial charge in [0.05, 0.1) is 21.9 Å². The van der Waals surface area contributed by atoms with Crippen molar-refractivity contribution in [3.8, 4) is 11.3 Å². The highest BCUT2D eigenvalue weighted by Crippen LogP contribution is 2.34. The van der Waals surface area contributed by atoms with Crippen LogP contribution in [-0.2, 0) is 0 Å². The van der Waals surface area contributed by atoms with Crippen LogP contribution in [0.4, 0.5) is 4.39 Å². The van der Waals surface area contributed by atoms with Crippen molar-refractivity contribution in [2.75, 3.05) is 0 Å². The van der Waals surface area contributed by atoms with Gasteiger partial charge in [-0.3, -0.25) is 9.78 Å². The predicted octanol–water partition coefficient (Wildman–Crippen LogP) is 4.01. The number of carbonyl (C=O) groups excluding carboxylic acids is 1. The summed E-state index contributed by atoms with van der Waals surface area (Å²) in [7, 11) is 0. The van der Waals surface area contributed by atoms with Crippen molar-refractivity contribution in [1.82, 2.24) is 4.98 Å². The lowest BCUT2D eigenvalue weighted by molar-refractivity contribution is 0.112. The Hall–Kier alpha value is -1.45. The molecule has 0 bridgehead atoms. The molecular weight excluding hydrogens is 264 g/mol. The second-order valence-corrected chi connectivity index (χ2v) is 4.12. The number of hydrogen-bond donors (Lipinski definition) is 0. The fraction of sp³-hybridized carbons (Fsp3) is 0. The molecule has 0 saturated carbocycles. The molecule has 2 aromatic rings. The quantitative estimate of drug-likeness (QED) is 0.772. The van der Waals surface area contributed by atoms with Gasteiger partial charge >= 0.3 is 0 Å². The summed E-state index contributed by atoms with van der Waals surface area (Å²) in [5.74, 6) is -0.584. The van der Waals surface area contributed by atoms with Gasteiger partial charge in [0.1, 0.15) is 5.82 Å². The number of aromatic nitrogens is 1. The average molecular weight is 270 g/mol. The van der Waals surface area contributed by atoms with Gasteiger partial charge in [-0.15, -0.1) is 0 Å². The third kappa shape index (κ3) is 2.30. The number of rotatable bonds is 2. The molecule has 1 aromatic carbocycles. The minimum atomic E-state index is -0.584. The maximum absolute atomic E-state index is 13.0. The fourth-order valence-electron chi connectivity index (χ4n) is 1.48. The zero-order chi connectivity index (χ0) is 12.4. The molecule has 1 aromatic heterocycles. The highest BCUT2D eigenvalue weighted by atomic mass is 35.5. The third-order valence-electron chi connectivity index (χ3n) is 2.21. The first-order valence-corrected chi connectivity index (χ1v) is 5.44. The van der Waals surface area contributed by atoms with Crippen molar-refractivity contribution in [3.05, 3.63) is 51.9 Å². The number of halogens is 3. The third-order valence-corrected chi connectivity index (χ3v) is 2.84. The number of carbonyl (C=O) groups is 1. The Morgan fingerprint density at radius 3 is 2.47 bits per heavy atom. The highest BCUT2D eigenvalue weighted by molar-refractivity contribution is 6.39. The average Bonchev–Trinajstić information content (AvgIpc) is 2.30. The maximum atomic E-state index is 13.0. The van der Waals surface area contributed by atoms with Crippen LogP contribution in [0, 0.1) is 5.82 Å². The first kappa shape index (κ1) is 12.0. The van der Waals surface area contributed by atoms with Crippen LogP contribution in [0.2, 0.25) is 10.0 Å². The summed E-state index contributed by atoms with van der Waals surface area (Å²) in [6.45, 7) is 0. The Morgan fingerprint density at radius 2 is 1.88 bits per heavy atom. The zero-order valence-corrected chi connectivity index (χ0v) is 9.97. The van der Waals surface area contributed by atoms with E-state index < -0.39 is 5.82 Å². The molecule has 0 atom stereocenters. The molecule has 0 N–H and O–H groups in total. The van der Waals surface area contributed by atoms with E-state index in [0.29, 0.717) is 21.9 Å².